The lowest BCUT2D eigenvalue weighted by molar-refractivity contribution is 0.298. The van der Waals surface area contributed by atoms with E-state index in [0.717, 1.165) is 11.3 Å². The van der Waals surface area contributed by atoms with Gasteiger partial charge in [0.25, 0.3) is 0 Å². The zero-order chi connectivity index (χ0) is 19.0. The van der Waals surface area contributed by atoms with Gasteiger partial charge in [-0.15, -0.1) is 0 Å². The Kier molecular flexibility index (Phi) is 4.72. The van der Waals surface area contributed by atoms with E-state index in [-0.39, 0.29) is 4.90 Å². The van der Waals surface area contributed by atoms with Crippen LogP contribution in [0.5, 0.6) is 5.75 Å². The standard InChI is InChI=1S/C20H19ClN2O3S/c1-26-17-8-10-18(11-9-17)27(24,25)23-14-13-22-12-2-3-19(22)20(23)15-4-6-16(21)7-5-15/h2-12,20H,13-14H2,1H3. The summed E-state index contributed by atoms with van der Waals surface area (Å²) in [6, 6.07) is 17.3. The number of fused-ring (bicyclic) bond motifs is 1. The molecular weight excluding hydrogens is 384 g/mol. The summed E-state index contributed by atoms with van der Waals surface area (Å²) in [7, 11) is -2.13. The van der Waals surface area contributed by atoms with E-state index in [1.54, 1.807) is 47.8 Å². The van der Waals surface area contributed by atoms with Crippen LogP contribution in [0.2, 0.25) is 5.02 Å². The first kappa shape index (κ1) is 18.1. The number of halogens is 1. The molecule has 1 unspecified atom stereocenters. The van der Waals surface area contributed by atoms with Gasteiger partial charge in [-0.1, -0.05) is 23.7 Å². The average molecular weight is 403 g/mol. The van der Waals surface area contributed by atoms with Gasteiger partial charge in [-0.05, 0) is 54.1 Å². The van der Waals surface area contributed by atoms with E-state index < -0.39 is 16.1 Å². The summed E-state index contributed by atoms with van der Waals surface area (Å²) in [5.41, 5.74) is 1.83. The van der Waals surface area contributed by atoms with Crippen molar-refractivity contribution < 1.29 is 13.2 Å². The van der Waals surface area contributed by atoms with Crippen molar-refractivity contribution in [2.45, 2.75) is 17.5 Å². The fourth-order valence-electron chi connectivity index (χ4n) is 3.49. The predicted molar refractivity (Wildman–Crippen MR) is 105 cm³/mol. The molecule has 0 bridgehead atoms. The Labute approximate surface area is 163 Å². The van der Waals surface area contributed by atoms with Gasteiger partial charge in [-0.2, -0.15) is 4.31 Å². The molecule has 0 radical (unpaired) electrons. The van der Waals surface area contributed by atoms with Crippen LogP contribution in [0.25, 0.3) is 0 Å². The molecule has 27 heavy (non-hydrogen) atoms. The first-order valence-electron chi connectivity index (χ1n) is 8.57. The maximum absolute atomic E-state index is 13.4. The van der Waals surface area contributed by atoms with Crippen molar-refractivity contribution in [3.63, 3.8) is 0 Å². The predicted octanol–water partition coefficient (Wildman–Crippen LogP) is 3.94. The largest absolute Gasteiger partial charge is 0.497 e. The van der Waals surface area contributed by atoms with Gasteiger partial charge in [-0.25, -0.2) is 8.42 Å². The van der Waals surface area contributed by atoms with Crippen LogP contribution < -0.4 is 4.74 Å². The van der Waals surface area contributed by atoms with Crippen LogP contribution >= 0.6 is 11.6 Å². The maximum atomic E-state index is 13.4. The minimum atomic E-state index is -3.68. The molecule has 3 aromatic rings. The number of hydrogen-bond donors (Lipinski definition) is 0. The molecule has 0 saturated carbocycles. The van der Waals surface area contributed by atoms with Crippen LogP contribution in [0.1, 0.15) is 17.3 Å². The third kappa shape index (κ3) is 3.25. The first-order chi connectivity index (χ1) is 13.0. The van der Waals surface area contributed by atoms with Crippen LogP contribution in [-0.2, 0) is 16.6 Å². The molecule has 0 amide bonds. The van der Waals surface area contributed by atoms with E-state index in [2.05, 4.69) is 4.57 Å². The Hall–Kier alpha value is -2.28. The highest BCUT2D eigenvalue weighted by Crippen LogP contribution is 2.37. The van der Waals surface area contributed by atoms with E-state index in [1.807, 2.05) is 30.5 Å². The molecule has 0 N–H and O–H groups in total. The van der Waals surface area contributed by atoms with Gasteiger partial charge >= 0.3 is 0 Å². The second kappa shape index (κ2) is 7.03. The van der Waals surface area contributed by atoms with Crippen LogP contribution in [0, 0.1) is 0 Å². The molecule has 140 valence electrons. The molecule has 2 aromatic carbocycles. The summed E-state index contributed by atoms with van der Waals surface area (Å²) >= 11 is 6.03. The van der Waals surface area contributed by atoms with Crippen molar-refractivity contribution in [2.75, 3.05) is 13.7 Å². The highest BCUT2D eigenvalue weighted by molar-refractivity contribution is 7.89. The normalized spacial score (nSPS) is 17.5. The molecule has 2 heterocycles. The molecule has 1 aliphatic rings. The van der Waals surface area contributed by atoms with Crippen molar-refractivity contribution >= 4 is 21.6 Å². The lowest BCUT2D eigenvalue weighted by atomic mass is 10.0. The van der Waals surface area contributed by atoms with Gasteiger partial charge in [0.1, 0.15) is 5.75 Å². The smallest absolute Gasteiger partial charge is 0.244 e. The number of ether oxygens (including phenoxy) is 1. The molecule has 0 spiro atoms. The molecule has 4 rings (SSSR count). The van der Waals surface area contributed by atoms with Crippen LogP contribution in [0.3, 0.4) is 0 Å². The number of hydrogen-bond acceptors (Lipinski definition) is 3. The molecule has 0 saturated heterocycles. The van der Waals surface area contributed by atoms with E-state index in [9.17, 15) is 8.42 Å². The highest BCUT2D eigenvalue weighted by atomic mass is 35.5. The van der Waals surface area contributed by atoms with Crippen molar-refractivity contribution in [3.05, 3.63) is 83.1 Å². The van der Waals surface area contributed by atoms with Crippen molar-refractivity contribution in [1.82, 2.24) is 8.87 Å². The van der Waals surface area contributed by atoms with Crippen molar-refractivity contribution in [1.29, 1.82) is 0 Å². The Balaban J connectivity index is 1.80. The average Bonchev–Trinajstić information content (AvgIpc) is 3.17. The zero-order valence-corrected chi connectivity index (χ0v) is 16.3. The molecule has 7 heteroatoms. The molecule has 1 aromatic heterocycles. The fourth-order valence-corrected chi connectivity index (χ4v) is 5.19. The van der Waals surface area contributed by atoms with Crippen molar-refractivity contribution in [2.24, 2.45) is 0 Å². The third-order valence-electron chi connectivity index (χ3n) is 4.85. The van der Waals surface area contributed by atoms with Gasteiger partial charge in [0, 0.05) is 30.0 Å². The first-order valence-corrected chi connectivity index (χ1v) is 10.4. The Bertz CT molecular complexity index is 1040. The SMILES string of the molecule is COc1ccc(S(=O)(=O)N2CCn3cccc3C2c2ccc(Cl)cc2)cc1. The molecule has 0 fully saturated rings. The van der Waals surface area contributed by atoms with Gasteiger partial charge in [0.05, 0.1) is 18.0 Å². The number of aromatic nitrogens is 1. The van der Waals surface area contributed by atoms with Crippen molar-refractivity contribution in [3.8, 4) is 5.75 Å². The monoisotopic (exact) mass is 402 g/mol. The molecule has 0 aliphatic carbocycles. The summed E-state index contributed by atoms with van der Waals surface area (Å²) in [5.74, 6) is 0.621. The Morgan fingerprint density at radius 2 is 1.70 bits per heavy atom. The second-order valence-corrected chi connectivity index (χ2v) is 8.70. The highest BCUT2D eigenvalue weighted by Gasteiger charge is 2.37. The van der Waals surface area contributed by atoms with E-state index in [1.165, 1.54) is 0 Å². The van der Waals surface area contributed by atoms with E-state index in [4.69, 9.17) is 16.3 Å². The topological polar surface area (TPSA) is 51.5 Å². The zero-order valence-electron chi connectivity index (χ0n) is 14.7. The number of nitrogens with zero attached hydrogens (tertiary/aromatic N) is 2. The van der Waals surface area contributed by atoms with Crippen LogP contribution in [0.4, 0.5) is 0 Å². The summed E-state index contributed by atoms with van der Waals surface area (Å²) in [6.45, 7) is 1.01. The molecule has 1 atom stereocenters. The van der Waals surface area contributed by atoms with Gasteiger partial charge in [0.15, 0.2) is 0 Å². The van der Waals surface area contributed by atoms with Crippen LogP contribution in [-0.4, -0.2) is 30.9 Å². The summed E-state index contributed by atoms with van der Waals surface area (Å²) in [5, 5.41) is 0.620. The van der Waals surface area contributed by atoms with Gasteiger partial charge < -0.3 is 9.30 Å². The number of rotatable bonds is 4. The van der Waals surface area contributed by atoms with Gasteiger partial charge in [-0.3, -0.25) is 0 Å². The summed E-state index contributed by atoms with van der Waals surface area (Å²) < 4.78 is 35.6. The fraction of sp³-hybridized carbons (Fsp3) is 0.200. The van der Waals surface area contributed by atoms with Crippen LogP contribution in [0.15, 0.2) is 71.8 Å². The molecule has 1 aliphatic heterocycles. The molecule has 5 nitrogen and oxygen atoms in total. The quantitative estimate of drug-likeness (QED) is 0.664. The molecular formula is C20H19ClN2O3S. The minimum Gasteiger partial charge on any atom is -0.497 e. The summed E-state index contributed by atoms with van der Waals surface area (Å²) in [4.78, 5) is 0.252. The lowest BCUT2D eigenvalue weighted by Gasteiger charge is -2.36. The van der Waals surface area contributed by atoms with E-state index in [0.29, 0.717) is 23.9 Å². The number of methoxy groups -OCH3 is 1. The Morgan fingerprint density at radius 1 is 1.00 bits per heavy atom. The lowest BCUT2D eigenvalue weighted by Crippen LogP contribution is -2.42. The van der Waals surface area contributed by atoms with E-state index >= 15 is 0 Å². The third-order valence-corrected chi connectivity index (χ3v) is 6.98. The maximum Gasteiger partial charge on any atom is 0.244 e. The number of sulfonamides is 1. The summed E-state index contributed by atoms with van der Waals surface area (Å²) in [6.07, 6.45) is 1.98. The van der Waals surface area contributed by atoms with Gasteiger partial charge in [0.2, 0.25) is 10.0 Å². The Morgan fingerprint density at radius 3 is 2.37 bits per heavy atom. The second-order valence-electron chi connectivity index (χ2n) is 6.37. The minimum absolute atomic E-state index is 0.252. The number of benzene rings is 2.